The number of carbonyl (C=O) groups excluding carboxylic acids is 1. The zero-order chi connectivity index (χ0) is 24.5. The Balaban J connectivity index is 1.67. The van der Waals surface area contributed by atoms with Crippen LogP contribution in [0.25, 0.3) is 22.3 Å². The molecule has 0 atom stereocenters. The third-order valence-electron chi connectivity index (χ3n) is 6.19. The number of rotatable bonds is 13. The molecule has 0 saturated carbocycles. The van der Waals surface area contributed by atoms with Crippen LogP contribution in [0.3, 0.4) is 0 Å². The van der Waals surface area contributed by atoms with Gasteiger partial charge in [0.1, 0.15) is 28.0 Å². The maximum absolute atomic E-state index is 12.8. The molecule has 0 amide bonds. The van der Waals surface area contributed by atoms with Crippen LogP contribution in [0.5, 0.6) is 17.2 Å². The topological polar surface area (TPSA) is 108 Å². The molecule has 0 saturated heterocycles. The number of phenolic OH excluding ortho intramolecular Hbond substituents is 2. The zero-order valence-electron chi connectivity index (χ0n) is 19.8. The van der Waals surface area contributed by atoms with Crippen LogP contribution in [0.2, 0.25) is 0 Å². The molecule has 6 heteroatoms. The lowest BCUT2D eigenvalue weighted by atomic mass is 9.99. The van der Waals surface area contributed by atoms with Crippen LogP contribution in [0.1, 0.15) is 87.9 Å². The number of aromatic hydroxyl groups is 3. The highest BCUT2D eigenvalue weighted by molar-refractivity contribution is 6.06. The number of benzene rings is 2. The summed E-state index contributed by atoms with van der Waals surface area (Å²) in [7, 11) is 0. The molecule has 0 aliphatic heterocycles. The van der Waals surface area contributed by atoms with Gasteiger partial charge in [-0.3, -0.25) is 9.59 Å². The second kappa shape index (κ2) is 12.3. The van der Waals surface area contributed by atoms with E-state index in [1.54, 1.807) is 30.3 Å². The molecule has 0 unspecified atom stereocenters. The van der Waals surface area contributed by atoms with Crippen LogP contribution in [0.15, 0.2) is 45.6 Å². The summed E-state index contributed by atoms with van der Waals surface area (Å²) in [6.07, 6.45) is 11.4. The first-order valence-corrected chi connectivity index (χ1v) is 12.3. The highest BCUT2D eigenvalue weighted by atomic mass is 16.4. The minimum Gasteiger partial charge on any atom is -0.507 e. The molecule has 3 aromatic rings. The molecule has 0 spiro atoms. The minimum atomic E-state index is -0.856. The minimum absolute atomic E-state index is 0.0682. The van der Waals surface area contributed by atoms with Crippen molar-refractivity contribution in [2.45, 2.75) is 77.6 Å². The third kappa shape index (κ3) is 5.99. The summed E-state index contributed by atoms with van der Waals surface area (Å²) in [5.41, 5.74) is -0.792. The summed E-state index contributed by atoms with van der Waals surface area (Å²) in [6.45, 7) is 2.21. The average Bonchev–Trinajstić information content (AvgIpc) is 2.82. The Kier molecular flexibility index (Phi) is 9.14. The van der Waals surface area contributed by atoms with Gasteiger partial charge in [0.25, 0.3) is 0 Å². The molecule has 1 heterocycles. The fraction of sp³-hybridized carbons (Fsp3) is 0.429. The Morgan fingerprint density at radius 2 is 1.41 bits per heavy atom. The standard InChI is InChI=1S/C28H34O6/c1-2-3-4-5-6-7-8-9-10-14-17-20(29)23-21(30)18-22-24(25(23)31)26(32)27(33)28(34-22)19-15-12-11-13-16-19/h11-13,15-16,18,30-31,33H,2-10,14,17H2,1H3. The Bertz CT molecular complexity index is 1160. The van der Waals surface area contributed by atoms with E-state index in [4.69, 9.17) is 4.42 Å². The number of Topliss-reactive ketones (excluding diaryl/α,β-unsaturated/α-hetero) is 1. The number of ketones is 1. The van der Waals surface area contributed by atoms with Gasteiger partial charge in [-0.2, -0.15) is 0 Å². The van der Waals surface area contributed by atoms with Crippen molar-refractivity contribution in [3.63, 3.8) is 0 Å². The lowest BCUT2D eigenvalue weighted by Crippen LogP contribution is -2.07. The van der Waals surface area contributed by atoms with Crippen molar-refractivity contribution in [2.75, 3.05) is 0 Å². The van der Waals surface area contributed by atoms with Gasteiger partial charge in [-0.05, 0) is 6.42 Å². The number of hydrogen-bond donors (Lipinski definition) is 3. The molecule has 1 aromatic heterocycles. The van der Waals surface area contributed by atoms with E-state index in [1.165, 1.54) is 38.5 Å². The van der Waals surface area contributed by atoms with Crippen molar-refractivity contribution in [3.05, 3.63) is 52.2 Å². The molecular weight excluding hydrogens is 432 g/mol. The van der Waals surface area contributed by atoms with Crippen LogP contribution in [-0.4, -0.2) is 21.1 Å². The van der Waals surface area contributed by atoms with Gasteiger partial charge in [-0.1, -0.05) is 95.0 Å². The van der Waals surface area contributed by atoms with Crippen LogP contribution in [-0.2, 0) is 0 Å². The summed E-state index contributed by atoms with van der Waals surface area (Å²) >= 11 is 0. The number of unbranched alkanes of at least 4 members (excludes halogenated alkanes) is 9. The van der Waals surface area contributed by atoms with Gasteiger partial charge >= 0.3 is 0 Å². The molecule has 3 rings (SSSR count). The van der Waals surface area contributed by atoms with Crippen LogP contribution in [0.4, 0.5) is 0 Å². The molecule has 6 nitrogen and oxygen atoms in total. The van der Waals surface area contributed by atoms with Gasteiger partial charge in [-0.25, -0.2) is 0 Å². The van der Waals surface area contributed by atoms with Crippen molar-refractivity contribution in [3.8, 4) is 28.6 Å². The van der Waals surface area contributed by atoms with E-state index in [0.29, 0.717) is 12.0 Å². The van der Waals surface area contributed by atoms with E-state index in [0.717, 1.165) is 25.3 Å². The normalized spacial score (nSPS) is 11.2. The lowest BCUT2D eigenvalue weighted by molar-refractivity contribution is 0.0974. The molecule has 0 aliphatic rings. The van der Waals surface area contributed by atoms with E-state index in [2.05, 4.69) is 6.92 Å². The second-order valence-corrected chi connectivity index (χ2v) is 8.82. The van der Waals surface area contributed by atoms with Crippen LogP contribution >= 0.6 is 0 Å². The van der Waals surface area contributed by atoms with E-state index >= 15 is 0 Å². The fourth-order valence-corrected chi connectivity index (χ4v) is 4.27. The first kappa shape index (κ1) is 25.3. The van der Waals surface area contributed by atoms with E-state index < -0.39 is 28.5 Å². The molecular formula is C28H34O6. The first-order valence-electron chi connectivity index (χ1n) is 12.3. The SMILES string of the molecule is CCCCCCCCCCCCC(=O)c1c(O)cc2oc(-c3ccccc3)c(O)c(=O)c2c1O. The van der Waals surface area contributed by atoms with E-state index in [-0.39, 0.29) is 28.7 Å². The summed E-state index contributed by atoms with van der Waals surface area (Å²) in [5, 5.41) is 31.2. The van der Waals surface area contributed by atoms with E-state index in [1.807, 2.05) is 0 Å². The van der Waals surface area contributed by atoms with E-state index in [9.17, 15) is 24.9 Å². The predicted octanol–water partition coefficient (Wildman–Crippen LogP) is 7.07. The van der Waals surface area contributed by atoms with Gasteiger partial charge in [0, 0.05) is 18.1 Å². The summed E-state index contributed by atoms with van der Waals surface area (Å²) in [6, 6.07) is 9.70. The van der Waals surface area contributed by atoms with Crippen molar-refractivity contribution < 1.29 is 24.5 Å². The van der Waals surface area contributed by atoms with Crippen LogP contribution in [0, 0.1) is 0 Å². The Morgan fingerprint density at radius 3 is 2.03 bits per heavy atom. The highest BCUT2D eigenvalue weighted by Crippen LogP contribution is 2.39. The molecule has 34 heavy (non-hydrogen) atoms. The van der Waals surface area contributed by atoms with Gasteiger partial charge < -0.3 is 19.7 Å². The monoisotopic (exact) mass is 466 g/mol. The smallest absolute Gasteiger partial charge is 0.238 e. The van der Waals surface area contributed by atoms with Crippen molar-refractivity contribution in [1.29, 1.82) is 0 Å². The van der Waals surface area contributed by atoms with Crippen LogP contribution < -0.4 is 5.43 Å². The van der Waals surface area contributed by atoms with Gasteiger partial charge in [0.05, 0.1) is 0 Å². The average molecular weight is 467 g/mol. The molecule has 182 valence electrons. The number of phenols is 2. The molecule has 0 bridgehead atoms. The summed E-state index contributed by atoms with van der Waals surface area (Å²) in [4.78, 5) is 25.5. The maximum Gasteiger partial charge on any atom is 0.238 e. The Morgan fingerprint density at radius 1 is 0.824 bits per heavy atom. The zero-order valence-corrected chi connectivity index (χ0v) is 19.8. The Hall–Kier alpha value is -3.28. The van der Waals surface area contributed by atoms with Crippen molar-refractivity contribution >= 4 is 16.8 Å². The molecule has 3 N–H and O–H groups in total. The van der Waals surface area contributed by atoms with Gasteiger partial charge in [-0.15, -0.1) is 0 Å². The molecule has 0 fully saturated rings. The molecule has 0 radical (unpaired) electrons. The predicted molar refractivity (Wildman–Crippen MR) is 134 cm³/mol. The van der Waals surface area contributed by atoms with Gasteiger partial charge in [0.2, 0.25) is 11.2 Å². The number of hydrogen-bond acceptors (Lipinski definition) is 6. The summed E-state index contributed by atoms with van der Waals surface area (Å²) < 4.78 is 5.64. The van der Waals surface area contributed by atoms with Crippen molar-refractivity contribution in [2.24, 2.45) is 0 Å². The largest absolute Gasteiger partial charge is 0.507 e. The highest BCUT2D eigenvalue weighted by Gasteiger charge is 2.25. The van der Waals surface area contributed by atoms with Gasteiger partial charge in [0.15, 0.2) is 11.5 Å². The van der Waals surface area contributed by atoms with Crippen molar-refractivity contribution in [1.82, 2.24) is 0 Å². The Labute approximate surface area is 199 Å². The maximum atomic E-state index is 12.8. The molecule has 2 aromatic carbocycles. The first-order chi connectivity index (χ1) is 16.5. The number of carbonyl (C=O) groups is 1. The fourth-order valence-electron chi connectivity index (χ4n) is 4.27. The summed E-state index contributed by atoms with van der Waals surface area (Å²) in [5.74, 6) is -2.28. The lowest BCUT2D eigenvalue weighted by Gasteiger charge is -2.11. The molecule has 0 aliphatic carbocycles. The quantitative estimate of drug-likeness (QED) is 0.184. The third-order valence-corrected chi connectivity index (χ3v) is 6.19. The number of fused-ring (bicyclic) bond motifs is 1. The second-order valence-electron chi connectivity index (χ2n) is 8.82.